The van der Waals surface area contributed by atoms with Gasteiger partial charge in [-0.15, -0.1) is 0 Å². The molecule has 2 aromatic carbocycles. The fourth-order valence-corrected chi connectivity index (χ4v) is 3.36. The van der Waals surface area contributed by atoms with Gasteiger partial charge in [-0.3, -0.25) is 9.69 Å². The number of carbonyl (C=O) groups is 3. The Morgan fingerprint density at radius 2 is 1.84 bits per heavy atom. The Morgan fingerprint density at radius 3 is 2.48 bits per heavy atom. The number of aromatic nitrogens is 2. The molecule has 0 aliphatic carbocycles. The van der Waals surface area contributed by atoms with Crippen LogP contribution in [0, 0.1) is 0 Å². The second-order valence-electron chi connectivity index (χ2n) is 6.95. The zero-order valence-corrected chi connectivity index (χ0v) is 17.4. The lowest BCUT2D eigenvalue weighted by Gasteiger charge is -2.18. The van der Waals surface area contributed by atoms with Crippen LogP contribution in [0.5, 0.6) is 0 Å². The van der Waals surface area contributed by atoms with Crippen LogP contribution in [0.3, 0.4) is 0 Å². The third-order valence-corrected chi connectivity index (χ3v) is 5.08. The summed E-state index contributed by atoms with van der Waals surface area (Å²) < 4.78 is 6.97. The number of halogens is 1. The predicted molar refractivity (Wildman–Crippen MR) is 114 cm³/mol. The minimum absolute atomic E-state index is 0.191. The Labute approximate surface area is 183 Å². The number of nitrogens with one attached hydrogen (secondary N) is 1. The summed E-state index contributed by atoms with van der Waals surface area (Å²) in [4.78, 5) is 38.2. The highest BCUT2D eigenvalue weighted by Crippen LogP contribution is 2.26. The Balaban J connectivity index is 1.64. The molecule has 1 aliphatic rings. The predicted octanol–water partition coefficient (Wildman–Crippen LogP) is 3.29. The number of hydrogen-bond acceptors (Lipinski definition) is 5. The third kappa shape index (κ3) is 4.29. The van der Waals surface area contributed by atoms with E-state index in [1.807, 2.05) is 30.3 Å². The monoisotopic (exact) mass is 438 g/mol. The third-order valence-electron chi connectivity index (χ3n) is 4.83. The van der Waals surface area contributed by atoms with Gasteiger partial charge in [0.25, 0.3) is 5.91 Å². The van der Waals surface area contributed by atoms with Crippen molar-refractivity contribution in [2.45, 2.75) is 13.0 Å². The second kappa shape index (κ2) is 8.61. The number of rotatable bonds is 5. The van der Waals surface area contributed by atoms with Gasteiger partial charge in [-0.05, 0) is 31.2 Å². The van der Waals surface area contributed by atoms with E-state index in [1.165, 1.54) is 6.92 Å². The summed E-state index contributed by atoms with van der Waals surface area (Å²) in [6.45, 7) is 2.05. The Morgan fingerprint density at radius 1 is 1.13 bits per heavy atom. The maximum atomic E-state index is 13.0. The van der Waals surface area contributed by atoms with E-state index in [-0.39, 0.29) is 12.1 Å². The minimum atomic E-state index is -1.13. The van der Waals surface area contributed by atoms with E-state index in [2.05, 4.69) is 10.4 Å². The first kappa shape index (κ1) is 20.6. The van der Waals surface area contributed by atoms with Crippen molar-refractivity contribution in [1.29, 1.82) is 0 Å². The maximum Gasteiger partial charge on any atom is 0.342 e. The van der Waals surface area contributed by atoms with Crippen molar-refractivity contribution in [3.8, 4) is 16.9 Å². The molecule has 0 saturated carbocycles. The maximum absolute atomic E-state index is 13.0. The van der Waals surface area contributed by atoms with Gasteiger partial charge < -0.3 is 10.1 Å². The molecule has 1 unspecified atom stereocenters. The highest BCUT2D eigenvalue weighted by molar-refractivity contribution is 6.30. The number of imide groups is 1. The topological polar surface area (TPSA) is 93.5 Å². The van der Waals surface area contributed by atoms with E-state index >= 15 is 0 Å². The SMILES string of the molecule is CC(OC(=O)c1cn(-c2ccccc2)nc1-c1ccc(Cl)cc1)C(=O)N1CCNC1=O. The summed E-state index contributed by atoms with van der Waals surface area (Å²) in [5.74, 6) is -1.29. The van der Waals surface area contributed by atoms with Crippen molar-refractivity contribution in [2.24, 2.45) is 0 Å². The van der Waals surface area contributed by atoms with E-state index in [0.29, 0.717) is 22.8 Å². The molecule has 0 spiro atoms. The fraction of sp³-hybridized carbons (Fsp3) is 0.182. The summed E-state index contributed by atoms with van der Waals surface area (Å²) in [7, 11) is 0. The molecule has 9 heteroatoms. The molecule has 2 heterocycles. The van der Waals surface area contributed by atoms with Gasteiger partial charge >= 0.3 is 12.0 Å². The normalized spacial score (nSPS) is 14.3. The molecule has 1 aromatic heterocycles. The zero-order valence-electron chi connectivity index (χ0n) is 16.6. The summed E-state index contributed by atoms with van der Waals surface area (Å²) in [6, 6.07) is 15.7. The van der Waals surface area contributed by atoms with Crippen LogP contribution in [0.2, 0.25) is 5.02 Å². The van der Waals surface area contributed by atoms with Crippen LogP contribution in [0.25, 0.3) is 16.9 Å². The van der Waals surface area contributed by atoms with Gasteiger partial charge in [-0.25, -0.2) is 14.3 Å². The molecular weight excluding hydrogens is 420 g/mol. The van der Waals surface area contributed by atoms with Gasteiger partial charge in [0.1, 0.15) is 11.3 Å². The standard InChI is InChI=1S/C22H19ClN4O4/c1-14(20(28)26-12-11-24-22(26)30)31-21(29)18-13-27(17-5-3-2-4-6-17)25-19(18)15-7-9-16(23)10-8-15/h2-10,13-14H,11-12H2,1H3,(H,24,30). The minimum Gasteiger partial charge on any atom is -0.449 e. The lowest BCUT2D eigenvalue weighted by molar-refractivity contribution is -0.136. The smallest absolute Gasteiger partial charge is 0.342 e. The largest absolute Gasteiger partial charge is 0.449 e. The average Bonchev–Trinajstić information content (AvgIpc) is 3.41. The van der Waals surface area contributed by atoms with Crippen LogP contribution >= 0.6 is 11.6 Å². The number of benzene rings is 2. The molecule has 3 aromatic rings. The van der Waals surface area contributed by atoms with Gasteiger partial charge in [0.15, 0.2) is 6.10 Å². The van der Waals surface area contributed by atoms with Crippen LogP contribution in [0.1, 0.15) is 17.3 Å². The highest BCUT2D eigenvalue weighted by atomic mass is 35.5. The number of hydrogen-bond donors (Lipinski definition) is 1. The van der Waals surface area contributed by atoms with E-state index in [9.17, 15) is 14.4 Å². The molecule has 3 amide bonds. The first-order valence-electron chi connectivity index (χ1n) is 9.65. The van der Waals surface area contributed by atoms with E-state index in [4.69, 9.17) is 16.3 Å². The first-order valence-corrected chi connectivity index (χ1v) is 10.0. The molecule has 158 valence electrons. The molecule has 0 bridgehead atoms. The van der Waals surface area contributed by atoms with Crippen molar-refractivity contribution in [3.05, 3.63) is 71.4 Å². The molecule has 1 atom stereocenters. The van der Waals surface area contributed by atoms with Gasteiger partial charge in [-0.2, -0.15) is 5.10 Å². The number of carbonyl (C=O) groups excluding carboxylic acids is 3. The first-order chi connectivity index (χ1) is 14.9. The lowest BCUT2D eigenvalue weighted by atomic mass is 10.1. The van der Waals surface area contributed by atoms with E-state index < -0.39 is 24.0 Å². The quantitative estimate of drug-likeness (QED) is 0.617. The number of urea groups is 1. The number of nitrogens with zero attached hydrogens (tertiary/aromatic N) is 3. The Kier molecular flexibility index (Phi) is 5.73. The van der Waals surface area contributed by atoms with Gasteiger partial charge in [0.2, 0.25) is 0 Å². The van der Waals surface area contributed by atoms with E-state index in [1.54, 1.807) is 35.1 Å². The molecule has 1 aliphatic heterocycles. The van der Waals surface area contributed by atoms with Gasteiger partial charge in [0.05, 0.1) is 5.69 Å². The molecule has 31 heavy (non-hydrogen) atoms. The second-order valence-corrected chi connectivity index (χ2v) is 7.38. The molecule has 0 radical (unpaired) electrons. The van der Waals surface area contributed by atoms with Crippen LogP contribution < -0.4 is 5.32 Å². The van der Waals surface area contributed by atoms with Crippen LogP contribution in [0.4, 0.5) is 4.79 Å². The summed E-state index contributed by atoms with van der Waals surface area (Å²) in [6.07, 6.45) is 0.427. The highest BCUT2D eigenvalue weighted by Gasteiger charge is 2.32. The van der Waals surface area contributed by atoms with Crippen molar-refractivity contribution in [3.63, 3.8) is 0 Å². The van der Waals surface area contributed by atoms with Crippen molar-refractivity contribution in [2.75, 3.05) is 13.1 Å². The van der Waals surface area contributed by atoms with Crippen LogP contribution in [-0.4, -0.2) is 51.8 Å². The average molecular weight is 439 g/mol. The number of amides is 3. The Hall–Kier alpha value is -3.65. The number of para-hydroxylation sites is 1. The van der Waals surface area contributed by atoms with E-state index in [0.717, 1.165) is 10.6 Å². The number of esters is 1. The van der Waals surface area contributed by atoms with Crippen molar-refractivity contribution >= 4 is 29.5 Å². The van der Waals surface area contributed by atoms with Crippen molar-refractivity contribution in [1.82, 2.24) is 20.0 Å². The van der Waals surface area contributed by atoms with Crippen LogP contribution in [0.15, 0.2) is 60.8 Å². The number of ether oxygens (including phenoxy) is 1. The molecular formula is C22H19ClN4O4. The van der Waals surface area contributed by atoms with Gasteiger partial charge in [0, 0.05) is 29.9 Å². The molecule has 1 N–H and O–H groups in total. The van der Waals surface area contributed by atoms with Crippen LogP contribution in [-0.2, 0) is 9.53 Å². The fourth-order valence-electron chi connectivity index (χ4n) is 3.23. The van der Waals surface area contributed by atoms with Crippen molar-refractivity contribution < 1.29 is 19.1 Å². The zero-order chi connectivity index (χ0) is 22.0. The molecule has 1 saturated heterocycles. The summed E-state index contributed by atoms with van der Waals surface area (Å²) in [5, 5.41) is 7.66. The molecule has 8 nitrogen and oxygen atoms in total. The lowest BCUT2D eigenvalue weighted by Crippen LogP contribution is -2.41. The summed E-state index contributed by atoms with van der Waals surface area (Å²) in [5.41, 5.74) is 2.01. The summed E-state index contributed by atoms with van der Waals surface area (Å²) >= 11 is 5.99. The van der Waals surface area contributed by atoms with Gasteiger partial charge in [-0.1, -0.05) is 41.9 Å². The molecule has 1 fully saturated rings. The molecule has 4 rings (SSSR count). The Bertz CT molecular complexity index is 1130.